The summed E-state index contributed by atoms with van der Waals surface area (Å²) in [7, 11) is 2.14. The van der Waals surface area contributed by atoms with E-state index in [2.05, 4.69) is 33.5 Å². The third kappa shape index (κ3) is 6.40. The zero-order valence-corrected chi connectivity index (χ0v) is 20.4. The van der Waals surface area contributed by atoms with Gasteiger partial charge in [0, 0.05) is 37.6 Å². The molecule has 2 amide bonds. The first-order valence-corrected chi connectivity index (χ1v) is 12.6. The molecule has 172 valence electrons. The van der Waals surface area contributed by atoms with Crippen LogP contribution < -0.4 is 15.5 Å². The number of rotatable bonds is 8. The van der Waals surface area contributed by atoms with Crippen LogP contribution in [0.4, 0.5) is 11.4 Å². The van der Waals surface area contributed by atoms with E-state index in [9.17, 15) is 9.59 Å². The number of halogens is 1. The summed E-state index contributed by atoms with van der Waals surface area (Å²) in [6.07, 6.45) is 2.51. The van der Waals surface area contributed by atoms with Gasteiger partial charge in [-0.2, -0.15) is 11.8 Å². The Morgan fingerprint density at radius 2 is 1.84 bits per heavy atom. The number of hydrogen-bond acceptors (Lipinski definition) is 5. The van der Waals surface area contributed by atoms with Crippen LogP contribution >= 0.6 is 23.4 Å². The molecule has 3 rings (SSSR count). The molecule has 8 heteroatoms. The number of aryl methyl sites for hydroxylation is 1. The SMILES string of the molecule is CSCC[C@@H](NC(=O)c1ccccc1Cl)C(=O)Nc1ccc(N2CCN(C)CC2)cc1C. The summed E-state index contributed by atoms with van der Waals surface area (Å²) in [6, 6.07) is 12.3. The van der Waals surface area contributed by atoms with Gasteiger partial charge in [-0.05, 0) is 68.3 Å². The molecule has 1 aliphatic rings. The van der Waals surface area contributed by atoms with Crippen molar-refractivity contribution in [3.63, 3.8) is 0 Å². The molecule has 0 bridgehead atoms. The molecule has 1 fully saturated rings. The highest BCUT2D eigenvalue weighted by molar-refractivity contribution is 7.98. The number of carbonyl (C=O) groups excluding carboxylic acids is 2. The van der Waals surface area contributed by atoms with Crippen molar-refractivity contribution in [2.75, 3.05) is 55.5 Å². The summed E-state index contributed by atoms with van der Waals surface area (Å²) in [5.41, 5.74) is 3.29. The van der Waals surface area contributed by atoms with Gasteiger partial charge in [0.15, 0.2) is 0 Å². The zero-order valence-electron chi connectivity index (χ0n) is 18.9. The number of nitrogens with zero attached hydrogens (tertiary/aromatic N) is 2. The van der Waals surface area contributed by atoms with Crippen molar-refractivity contribution >= 4 is 46.6 Å². The van der Waals surface area contributed by atoms with Crippen molar-refractivity contribution in [1.29, 1.82) is 0 Å². The van der Waals surface area contributed by atoms with Crippen LogP contribution in [-0.2, 0) is 4.79 Å². The lowest BCUT2D eigenvalue weighted by Crippen LogP contribution is -2.44. The summed E-state index contributed by atoms with van der Waals surface area (Å²) in [5.74, 6) is 0.177. The van der Waals surface area contributed by atoms with Crippen LogP contribution in [0.1, 0.15) is 22.3 Å². The molecule has 2 N–H and O–H groups in total. The lowest BCUT2D eigenvalue weighted by molar-refractivity contribution is -0.118. The van der Waals surface area contributed by atoms with E-state index in [1.165, 1.54) is 5.69 Å². The van der Waals surface area contributed by atoms with E-state index in [0.717, 1.165) is 43.2 Å². The monoisotopic (exact) mass is 474 g/mol. The normalized spacial score (nSPS) is 15.3. The Morgan fingerprint density at radius 3 is 2.50 bits per heavy atom. The average Bonchev–Trinajstić information content (AvgIpc) is 2.78. The second-order valence-electron chi connectivity index (χ2n) is 8.07. The van der Waals surface area contributed by atoms with Crippen LogP contribution in [0.5, 0.6) is 0 Å². The smallest absolute Gasteiger partial charge is 0.253 e. The molecule has 0 aliphatic carbocycles. The Morgan fingerprint density at radius 1 is 1.12 bits per heavy atom. The van der Waals surface area contributed by atoms with Crippen LogP contribution in [0.2, 0.25) is 5.02 Å². The maximum Gasteiger partial charge on any atom is 0.253 e. The minimum atomic E-state index is -0.650. The Bertz CT molecular complexity index is 947. The van der Waals surface area contributed by atoms with E-state index in [1.54, 1.807) is 36.0 Å². The average molecular weight is 475 g/mol. The summed E-state index contributed by atoms with van der Waals surface area (Å²) in [5, 5.41) is 6.22. The van der Waals surface area contributed by atoms with Crippen molar-refractivity contribution in [3.8, 4) is 0 Å². The van der Waals surface area contributed by atoms with E-state index in [-0.39, 0.29) is 11.8 Å². The highest BCUT2D eigenvalue weighted by Gasteiger charge is 2.23. The minimum absolute atomic E-state index is 0.227. The molecule has 0 saturated carbocycles. The number of hydrogen-bond donors (Lipinski definition) is 2. The number of likely N-dealkylation sites (N-methyl/N-ethyl adjacent to an activating group) is 1. The fourth-order valence-corrected chi connectivity index (χ4v) is 4.35. The molecule has 2 aromatic carbocycles. The van der Waals surface area contributed by atoms with Gasteiger partial charge < -0.3 is 20.4 Å². The Hall–Kier alpha value is -2.22. The van der Waals surface area contributed by atoms with Gasteiger partial charge in [0.25, 0.3) is 5.91 Å². The Kier molecular flexibility index (Phi) is 8.84. The highest BCUT2D eigenvalue weighted by atomic mass is 35.5. The van der Waals surface area contributed by atoms with Crippen molar-refractivity contribution < 1.29 is 9.59 Å². The van der Waals surface area contributed by atoms with E-state index >= 15 is 0 Å². The van der Waals surface area contributed by atoms with Crippen molar-refractivity contribution in [1.82, 2.24) is 10.2 Å². The quantitative estimate of drug-likeness (QED) is 0.607. The maximum absolute atomic E-state index is 13.1. The lowest BCUT2D eigenvalue weighted by atomic mass is 10.1. The zero-order chi connectivity index (χ0) is 23.1. The van der Waals surface area contributed by atoms with Crippen molar-refractivity contribution in [2.24, 2.45) is 0 Å². The van der Waals surface area contributed by atoms with Crippen LogP contribution in [0.25, 0.3) is 0 Å². The third-order valence-electron chi connectivity index (χ3n) is 5.69. The van der Waals surface area contributed by atoms with Gasteiger partial charge in [-0.3, -0.25) is 9.59 Å². The molecule has 1 heterocycles. The van der Waals surface area contributed by atoms with Gasteiger partial charge in [-0.1, -0.05) is 23.7 Å². The fraction of sp³-hybridized carbons (Fsp3) is 0.417. The van der Waals surface area contributed by atoms with Gasteiger partial charge in [0.1, 0.15) is 6.04 Å². The first kappa shape index (κ1) is 24.4. The molecule has 32 heavy (non-hydrogen) atoms. The number of piperazine rings is 1. The predicted octanol–water partition coefficient (Wildman–Crippen LogP) is 3.89. The maximum atomic E-state index is 13.1. The van der Waals surface area contributed by atoms with Crippen molar-refractivity contribution in [2.45, 2.75) is 19.4 Å². The van der Waals surface area contributed by atoms with Crippen molar-refractivity contribution in [3.05, 3.63) is 58.6 Å². The number of carbonyl (C=O) groups is 2. The van der Waals surface area contributed by atoms with Crippen LogP contribution in [0.15, 0.2) is 42.5 Å². The standard InChI is InChI=1S/C24H31ClN4O2S/c1-17-16-18(29-13-11-28(2)12-14-29)8-9-21(17)26-24(31)22(10-15-32-3)27-23(30)19-6-4-5-7-20(19)25/h4-9,16,22H,10-15H2,1-3H3,(H,26,31)(H,27,30)/t22-/m1/s1. The summed E-state index contributed by atoms with van der Waals surface area (Å²) in [6.45, 7) is 6.06. The van der Waals surface area contributed by atoms with Gasteiger partial charge in [-0.25, -0.2) is 0 Å². The predicted molar refractivity (Wildman–Crippen MR) is 135 cm³/mol. The molecule has 0 radical (unpaired) electrons. The molecule has 0 aromatic heterocycles. The molecule has 2 aromatic rings. The molecule has 1 aliphatic heterocycles. The third-order valence-corrected chi connectivity index (χ3v) is 6.66. The highest BCUT2D eigenvalue weighted by Crippen LogP contribution is 2.24. The van der Waals surface area contributed by atoms with Gasteiger partial charge in [-0.15, -0.1) is 0 Å². The van der Waals surface area contributed by atoms with E-state index in [4.69, 9.17) is 11.6 Å². The van der Waals surface area contributed by atoms with Crippen LogP contribution in [-0.4, -0.2) is 68.0 Å². The van der Waals surface area contributed by atoms with Crippen LogP contribution in [0.3, 0.4) is 0 Å². The first-order valence-electron chi connectivity index (χ1n) is 10.8. The second kappa shape index (κ2) is 11.6. The molecule has 1 atom stereocenters. The number of nitrogens with one attached hydrogen (secondary N) is 2. The van der Waals surface area contributed by atoms with Gasteiger partial charge >= 0.3 is 0 Å². The topological polar surface area (TPSA) is 64.7 Å². The minimum Gasteiger partial charge on any atom is -0.369 e. The lowest BCUT2D eigenvalue weighted by Gasteiger charge is -2.34. The van der Waals surface area contributed by atoms with E-state index in [0.29, 0.717) is 17.0 Å². The number of benzene rings is 2. The number of anilines is 2. The largest absolute Gasteiger partial charge is 0.369 e. The Balaban J connectivity index is 1.69. The number of amides is 2. The number of thioether (sulfide) groups is 1. The molecular weight excluding hydrogens is 444 g/mol. The summed E-state index contributed by atoms with van der Waals surface area (Å²) < 4.78 is 0. The second-order valence-corrected chi connectivity index (χ2v) is 9.46. The molecule has 0 unspecified atom stereocenters. The summed E-state index contributed by atoms with van der Waals surface area (Å²) in [4.78, 5) is 30.5. The first-order chi connectivity index (χ1) is 15.4. The summed E-state index contributed by atoms with van der Waals surface area (Å²) >= 11 is 7.79. The van der Waals surface area contributed by atoms with Crippen LogP contribution in [0, 0.1) is 6.92 Å². The molecular formula is C24H31ClN4O2S. The van der Waals surface area contributed by atoms with E-state index in [1.807, 2.05) is 25.3 Å². The Labute approximate surface area is 199 Å². The van der Waals surface area contributed by atoms with Gasteiger partial charge in [0.05, 0.1) is 10.6 Å². The molecule has 1 saturated heterocycles. The van der Waals surface area contributed by atoms with Gasteiger partial charge in [0.2, 0.25) is 5.91 Å². The fourth-order valence-electron chi connectivity index (χ4n) is 3.66. The molecule has 0 spiro atoms. The molecule has 6 nitrogen and oxygen atoms in total. The van der Waals surface area contributed by atoms with E-state index < -0.39 is 6.04 Å².